The van der Waals surface area contributed by atoms with Crippen LogP contribution in [0.15, 0.2) is 54.7 Å². The van der Waals surface area contributed by atoms with Crippen molar-refractivity contribution in [2.24, 2.45) is 11.7 Å². The fourth-order valence-corrected chi connectivity index (χ4v) is 2.18. The summed E-state index contributed by atoms with van der Waals surface area (Å²) in [7, 11) is 0. The Labute approximate surface area is 125 Å². The third-order valence-electron chi connectivity index (χ3n) is 3.63. The van der Waals surface area contributed by atoms with E-state index < -0.39 is 0 Å². The summed E-state index contributed by atoms with van der Waals surface area (Å²) < 4.78 is 0. The Morgan fingerprint density at radius 1 is 1.10 bits per heavy atom. The minimum absolute atomic E-state index is 0.0653. The van der Waals surface area contributed by atoms with Crippen LogP contribution in [0.25, 0.3) is 0 Å². The van der Waals surface area contributed by atoms with Crippen molar-refractivity contribution in [3.63, 3.8) is 0 Å². The summed E-state index contributed by atoms with van der Waals surface area (Å²) >= 11 is 0. The second kappa shape index (κ2) is 6.99. The van der Waals surface area contributed by atoms with Gasteiger partial charge in [0.25, 0.3) is 0 Å². The van der Waals surface area contributed by atoms with E-state index in [9.17, 15) is 4.79 Å². The van der Waals surface area contributed by atoms with Crippen LogP contribution >= 0.6 is 0 Å². The van der Waals surface area contributed by atoms with Gasteiger partial charge in [0.05, 0.1) is 17.7 Å². The van der Waals surface area contributed by atoms with Gasteiger partial charge in [0.15, 0.2) is 0 Å². The van der Waals surface area contributed by atoms with Crippen LogP contribution in [0.5, 0.6) is 0 Å². The molecule has 2 aromatic rings. The van der Waals surface area contributed by atoms with Crippen LogP contribution in [0.4, 0.5) is 0 Å². The van der Waals surface area contributed by atoms with Gasteiger partial charge < -0.3 is 11.1 Å². The van der Waals surface area contributed by atoms with E-state index in [1.54, 1.807) is 6.20 Å². The number of carbonyl (C=O) groups excluding carboxylic acids is 1. The van der Waals surface area contributed by atoms with Crippen LogP contribution in [0.2, 0.25) is 0 Å². The quantitative estimate of drug-likeness (QED) is 0.886. The highest BCUT2D eigenvalue weighted by molar-refractivity contribution is 5.79. The lowest BCUT2D eigenvalue weighted by molar-refractivity contribution is -0.125. The molecule has 0 aliphatic carbocycles. The third kappa shape index (κ3) is 3.89. The SMILES string of the molecule is CC(C(=O)N[C@@H](C)c1ccccn1)C(N)c1ccccc1. The number of carbonyl (C=O) groups is 1. The standard InChI is InChI=1S/C17H21N3O/c1-12(16(18)14-8-4-3-5-9-14)17(21)20-13(2)15-10-6-7-11-19-15/h3-13,16H,18H2,1-2H3,(H,20,21)/t12?,13-,16?/m0/s1. The first kappa shape index (κ1) is 15.2. The zero-order chi connectivity index (χ0) is 15.2. The average molecular weight is 283 g/mol. The summed E-state index contributed by atoms with van der Waals surface area (Å²) in [4.78, 5) is 16.6. The van der Waals surface area contributed by atoms with Gasteiger partial charge in [-0.3, -0.25) is 9.78 Å². The van der Waals surface area contributed by atoms with Crippen molar-refractivity contribution in [3.8, 4) is 0 Å². The van der Waals surface area contributed by atoms with Gasteiger partial charge >= 0.3 is 0 Å². The van der Waals surface area contributed by atoms with E-state index in [0.29, 0.717) is 0 Å². The van der Waals surface area contributed by atoms with Gasteiger partial charge in [-0.1, -0.05) is 43.3 Å². The van der Waals surface area contributed by atoms with Gasteiger partial charge in [0.2, 0.25) is 5.91 Å². The first-order valence-corrected chi connectivity index (χ1v) is 7.11. The number of nitrogens with two attached hydrogens (primary N) is 1. The van der Waals surface area contributed by atoms with Crippen molar-refractivity contribution >= 4 is 5.91 Å². The molecular formula is C17H21N3O. The Morgan fingerprint density at radius 3 is 2.38 bits per heavy atom. The van der Waals surface area contributed by atoms with Crippen molar-refractivity contribution in [3.05, 3.63) is 66.0 Å². The molecule has 2 rings (SSSR count). The van der Waals surface area contributed by atoms with Crippen molar-refractivity contribution in [1.29, 1.82) is 0 Å². The molecule has 3 atom stereocenters. The average Bonchev–Trinajstić information content (AvgIpc) is 2.55. The number of hydrogen-bond acceptors (Lipinski definition) is 3. The Bertz CT molecular complexity index is 571. The summed E-state index contributed by atoms with van der Waals surface area (Å²) in [5, 5.41) is 2.97. The number of aromatic nitrogens is 1. The van der Waals surface area contributed by atoms with Gasteiger partial charge in [-0.05, 0) is 24.6 Å². The van der Waals surface area contributed by atoms with E-state index in [1.807, 2.05) is 62.4 Å². The van der Waals surface area contributed by atoms with Crippen molar-refractivity contribution in [1.82, 2.24) is 10.3 Å². The minimum Gasteiger partial charge on any atom is -0.348 e. The van der Waals surface area contributed by atoms with E-state index in [-0.39, 0.29) is 23.9 Å². The largest absolute Gasteiger partial charge is 0.348 e. The molecule has 0 bridgehead atoms. The lowest BCUT2D eigenvalue weighted by atomic mass is 9.94. The number of pyridine rings is 1. The van der Waals surface area contributed by atoms with Crippen LogP contribution in [-0.4, -0.2) is 10.9 Å². The second-order valence-electron chi connectivity index (χ2n) is 5.21. The second-order valence-corrected chi connectivity index (χ2v) is 5.21. The molecule has 2 unspecified atom stereocenters. The van der Waals surface area contributed by atoms with Crippen LogP contribution < -0.4 is 11.1 Å². The number of rotatable bonds is 5. The van der Waals surface area contributed by atoms with Gasteiger partial charge in [-0.2, -0.15) is 0 Å². The molecule has 0 saturated carbocycles. The maximum absolute atomic E-state index is 12.3. The van der Waals surface area contributed by atoms with Gasteiger partial charge in [0, 0.05) is 12.2 Å². The first-order valence-electron chi connectivity index (χ1n) is 7.11. The molecule has 0 fully saturated rings. The van der Waals surface area contributed by atoms with Gasteiger partial charge in [-0.15, -0.1) is 0 Å². The summed E-state index contributed by atoms with van der Waals surface area (Å²) in [6, 6.07) is 14.9. The normalized spacial score (nSPS) is 15.0. The first-order chi connectivity index (χ1) is 10.1. The highest BCUT2D eigenvalue weighted by atomic mass is 16.1. The molecular weight excluding hydrogens is 262 g/mol. The van der Waals surface area contributed by atoms with Crippen molar-refractivity contribution in [2.45, 2.75) is 25.9 Å². The van der Waals surface area contributed by atoms with E-state index >= 15 is 0 Å². The monoisotopic (exact) mass is 283 g/mol. The lowest BCUT2D eigenvalue weighted by Crippen LogP contribution is -2.37. The molecule has 0 aliphatic rings. The molecule has 0 spiro atoms. The Morgan fingerprint density at radius 2 is 1.76 bits per heavy atom. The third-order valence-corrected chi connectivity index (χ3v) is 3.63. The van der Waals surface area contributed by atoms with Crippen LogP contribution in [0.1, 0.15) is 37.2 Å². The molecule has 0 aliphatic heterocycles. The zero-order valence-corrected chi connectivity index (χ0v) is 12.4. The maximum Gasteiger partial charge on any atom is 0.225 e. The van der Waals surface area contributed by atoms with Gasteiger partial charge in [-0.25, -0.2) is 0 Å². The highest BCUT2D eigenvalue weighted by Crippen LogP contribution is 2.20. The summed E-state index contributed by atoms with van der Waals surface area (Å²) in [6.07, 6.45) is 1.72. The molecule has 110 valence electrons. The topological polar surface area (TPSA) is 68.0 Å². The van der Waals surface area contributed by atoms with E-state index in [0.717, 1.165) is 11.3 Å². The minimum atomic E-state index is -0.317. The molecule has 4 heteroatoms. The van der Waals surface area contributed by atoms with Crippen LogP contribution in [0.3, 0.4) is 0 Å². The van der Waals surface area contributed by atoms with Gasteiger partial charge in [0.1, 0.15) is 0 Å². The summed E-state index contributed by atoms with van der Waals surface area (Å²) in [5.74, 6) is -0.372. The number of amides is 1. The molecule has 1 aromatic heterocycles. The number of nitrogens with one attached hydrogen (secondary N) is 1. The maximum atomic E-state index is 12.3. The van der Waals surface area contributed by atoms with E-state index in [4.69, 9.17) is 5.73 Å². The summed E-state index contributed by atoms with van der Waals surface area (Å²) in [6.45, 7) is 3.76. The molecule has 3 N–H and O–H groups in total. The summed E-state index contributed by atoms with van der Waals surface area (Å²) in [5.41, 5.74) is 7.98. The van der Waals surface area contributed by atoms with Crippen LogP contribution in [0, 0.1) is 5.92 Å². The van der Waals surface area contributed by atoms with E-state index in [2.05, 4.69) is 10.3 Å². The smallest absolute Gasteiger partial charge is 0.225 e. The number of nitrogens with zero attached hydrogens (tertiary/aromatic N) is 1. The van der Waals surface area contributed by atoms with Crippen LogP contribution in [-0.2, 0) is 4.79 Å². The molecule has 0 radical (unpaired) electrons. The molecule has 1 aromatic carbocycles. The zero-order valence-electron chi connectivity index (χ0n) is 12.4. The van der Waals surface area contributed by atoms with E-state index in [1.165, 1.54) is 0 Å². The number of benzene rings is 1. The molecule has 0 saturated heterocycles. The highest BCUT2D eigenvalue weighted by Gasteiger charge is 2.23. The Balaban J connectivity index is 2.00. The lowest BCUT2D eigenvalue weighted by Gasteiger charge is -2.22. The fraction of sp³-hybridized carbons (Fsp3) is 0.294. The Hall–Kier alpha value is -2.20. The van der Waals surface area contributed by atoms with Crippen molar-refractivity contribution < 1.29 is 4.79 Å². The number of hydrogen-bond donors (Lipinski definition) is 2. The molecule has 1 heterocycles. The fourth-order valence-electron chi connectivity index (χ4n) is 2.18. The predicted molar refractivity (Wildman–Crippen MR) is 83.3 cm³/mol. The van der Waals surface area contributed by atoms with Crippen molar-refractivity contribution in [2.75, 3.05) is 0 Å². The molecule has 4 nitrogen and oxygen atoms in total. The molecule has 1 amide bonds. The molecule has 21 heavy (non-hydrogen) atoms. The predicted octanol–water partition coefficient (Wildman–Crippen LogP) is 2.59. The Kier molecular flexibility index (Phi) is 5.06.